The van der Waals surface area contributed by atoms with Gasteiger partial charge in [-0.25, -0.2) is 0 Å². The molecular formula is C7H11N5O2. The zero-order chi connectivity index (χ0) is 10.6. The van der Waals surface area contributed by atoms with Crippen molar-refractivity contribution in [2.75, 3.05) is 6.54 Å². The minimum Gasteiger partial charge on any atom is -0.390 e. The Labute approximate surface area is 80.2 Å². The smallest absolute Gasteiger partial charge is 0.108 e. The summed E-state index contributed by atoms with van der Waals surface area (Å²) in [5, 5.41) is 25.9. The van der Waals surface area contributed by atoms with Crippen molar-refractivity contribution in [3.63, 3.8) is 0 Å². The summed E-state index contributed by atoms with van der Waals surface area (Å²) in [4.78, 5) is 2.49. The van der Waals surface area contributed by atoms with Crippen LogP contribution in [0.5, 0.6) is 0 Å². The van der Waals surface area contributed by atoms with E-state index in [1.54, 1.807) is 13.2 Å². The largest absolute Gasteiger partial charge is 0.390 e. The quantitative estimate of drug-likeness (QED) is 0.406. The van der Waals surface area contributed by atoms with E-state index in [9.17, 15) is 10.2 Å². The van der Waals surface area contributed by atoms with Gasteiger partial charge in [0.05, 0.1) is 18.8 Å². The summed E-state index contributed by atoms with van der Waals surface area (Å²) in [5.41, 5.74) is 8.51. The Balaban J connectivity index is 2.64. The normalized spacial score (nSPS) is 14.5. The maximum atomic E-state index is 9.54. The fourth-order valence-electron chi connectivity index (χ4n) is 1.04. The van der Waals surface area contributed by atoms with Crippen molar-refractivity contribution in [1.82, 2.24) is 9.78 Å². The first-order valence-corrected chi connectivity index (χ1v) is 4.00. The zero-order valence-electron chi connectivity index (χ0n) is 7.65. The van der Waals surface area contributed by atoms with E-state index in [0.717, 1.165) is 0 Å². The molecule has 1 heterocycles. The molecule has 0 bridgehead atoms. The van der Waals surface area contributed by atoms with Crippen LogP contribution in [0.1, 0.15) is 11.7 Å². The second-order valence-electron chi connectivity index (χ2n) is 2.87. The first-order chi connectivity index (χ1) is 6.65. The van der Waals surface area contributed by atoms with Crippen LogP contribution >= 0.6 is 0 Å². The first-order valence-electron chi connectivity index (χ1n) is 4.00. The molecule has 0 aliphatic heterocycles. The average Bonchev–Trinajstić information content (AvgIpc) is 2.60. The van der Waals surface area contributed by atoms with Gasteiger partial charge >= 0.3 is 0 Å². The van der Waals surface area contributed by atoms with Gasteiger partial charge in [0, 0.05) is 23.7 Å². The van der Waals surface area contributed by atoms with Gasteiger partial charge in [0.15, 0.2) is 0 Å². The summed E-state index contributed by atoms with van der Waals surface area (Å²) in [5.74, 6) is 0. The van der Waals surface area contributed by atoms with Crippen LogP contribution in [0, 0.1) is 0 Å². The van der Waals surface area contributed by atoms with E-state index in [1.807, 2.05) is 0 Å². The number of aromatic nitrogens is 2. The summed E-state index contributed by atoms with van der Waals surface area (Å²) in [6, 6.07) is 0. The zero-order valence-corrected chi connectivity index (χ0v) is 7.65. The van der Waals surface area contributed by atoms with Gasteiger partial charge in [-0.3, -0.25) is 4.68 Å². The molecule has 2 atom stereocenters. The van der Waals surface area contributed by atoms with Crippen LogP contribution < -0.4 is 0 Å². The van der Waals surface area contributed by atoms with Crippen molar-refractivity contribution in [3.05, 3.63) is 28.4 Å². The average molecular weight is 197 g/mol. The molecule has 1 aromatic rings. The number of hydrogen-bond donors (Lipinski definition) is 2. The molecule has 0 aromatic carbocycles. The molecule has 0 spiro atoms. The topological polar surface area (TPSA) is 107 Å². The molecule has 0 fully saturated rings. The number of aliphatic hydroxyl groups is 2. The third kappa shape index (κ3) is 2.46. The van der Waals surface area contributed by atoms with Crippen LogP contribution in [0.2, 0.25) is 0 Å². The fraction of sp³-hybridized carbons (Fsp3) is 0.571. The van der Waals surface area contributed by atoms with Crippen molar-refractivity contribution in [1.29, 1.82) is 0 Å². The minimum atomic E-state index is -1.10. The summed E-state index contributed by atoms with van der Waals surface area (Å²) in [6.07, 6.45) is 0.859. The Bertz CT molecular complexity index is 344. The second kappa shape index (κ2) is 4.61. The molecule has 14 heavy (non-hydrogen) atoms. The van der Waals surface area contributed by atoms with Crippen LogP contribution in [-0.2, 0) is 7.05 Å². The molecule has 0 amide bonds. The van der Waals surface area contributed by atoms with Crippen molar-refractivity contribution in [2.45, 2.75) is 12.2 Å². The number of hydrogen-bond acceptors (Lipinski definition) is 4. The molecule has 1 aromatic heterocycles. The van der Waals surface area contributed by atoms with E-state index in [0.29, 0.717) is 5.56 Å². The number of rotatable bonds is 4. The van der Waals surface area contributed by atoms with Crippen LogP contribution in [0.15, 0.2) is 17.5 Å². The van der Waals surface area contributed by atoms with E-state index in [1.165, 1.54) is 10.9 Å². The number of aryl methyl sites for hydroxylation is 1. The molecule has 0 saturated heterocycles. The Morgan fingerprint density at radius 1 is 1.71 bits per heavy atom. The van der Waals surface area contributed by atoms with Gasteiger partial charge < -0.3 is 10.2 Å². The van der Waals surface area contributed by atoms with Crippen molar-refractivity contribution >= 4 is 0 Å². The van der Waals surface area contributed by atoms with Gasteiger partial charge in [0.1, 0.15) is 6.10 Å². The van der Waals surface area contributed by atoms with Crippen LogP contribution in [0.25, 0.3) is 10.4 Å². The molecule has 0 radical (unpaired) electrons. The van der Waals surface area contributed by atoms with E-state index in [2.05, 4.69) is 15.1 Å². The molecular weight excluding hydrogens is 186 g/mol. The highest BCUT2D eigenvalue weighted by atomic mass is 16.3. The van der Waals surface area contributed by atoms with Crippen molar-refractivity contribution in [3.8, 4) is 0 Å². The summed E-state index contributed by atoms with van der Waals surface area (Å²) in [7, 11) is 1.70. The molecule has 2 N–H and O–H groups in total. The number of nitrogens with zero attached hydrogens (tertiary/aromatic N) is 5. The maximum Gasteiger partial charge on any atom is 0.108 e. The highest BCUT2D eigenvalue weighted by Crippen LogP contribution is 2.15. The Kier molecular flexibility index (Phi) is 3.47. The van der Waals surface area contributed by atoms with E-state index in [4.69, 9.17) is 5.53 Å². The molecule has 0 aliphatic rings. The number of aliphatic hydroxyl groups excluding tert-OH is 2. The van der Waals surface area contributed by atoms with Gasteiger partial charge in [-0.1, -0.05) is 5.11 Å². The monoisotopic (exact) mass is 197 g/mol. The molecule has 0 aliphatic carbocycles. The van der Waals surface area contributed by atoms with E-state index in [-0.39, 0.29) is 6.54 Å². The Hall–Kier alpha value is -1.56. The van der Waals surface area contributed by atoms with Crippen molar-refractivity contribution < 1.29 is 10.2 Å². The maximum absolute atomic E-state index is 9.54. The van der Waals surface area contributed by atoms with Gasteiger partial charge in [-0.2, -0.15) is 5.10 Å². The van der Waals surface area contributed by atoms with Crippen LogP contribution in [0.4, 0.5) is 0 Å². The lowest BCUT2D eigenvalue weighted by atomic mass is 10.1. The highest BCUT2D eigenvalue weighted by Gasteiger charge is 2.18. The fourth-order valence-corrected chi connectivity index (χ4v) is 1.04. The lowest BCUT2D eigenvalue weighted by Gasteiger charge is -2.13. The van der Waals surface area contributed by atoms with E-state index >= 15 is 0 Å². The Morgan fingerprint density at radius 3 is 2.93 bits per heavy atom. The molecule has 76 valence electrons. The van der Waals surface area contributed by atoms with Crippen molar-refractivity contribution in [2.24, 2.45) is 12.2 Å². The van der Waals surface area contributed by atoms with Gasteiger partial charge in [0.25, 0.3) is 0 Å². The first kappa shape index (κ1) is 10.5. The molecule has 2 unspecified atom stereocenters. The lowest BCUT2D eigenvalue weighted by molar-refractivity contribution is 0.0244. The lowest BCUT2D eigenvalue weighted by Crippen LogP contribution is -2.20. The SMILES string of the molecule is Cn1cc(C(O)C(O)CN=[N+]=[N-])cn1. The van der Waals surface area contributed by atoms with Gasteiger partial charge in [0.2, 0.25) is 0 Å². The second-order valence-corrected chi connectivity index (χ2v) is 2.87. The van der Waals surface area contributed by atoms with Crippen LogP contribution in [0.3, 0.4) is 0 Å². The third-order valence-corrected chi connectivity index (χ3v) is 1.76. The summed E-state index contributed by atoms with van der Waals surface area (Å²) >= 11 is 0. The molecule has 7 heteroatoms. The standard InChI is InChI=1S/C7H11N5O2/c1-12-4-5(2-10-12)7(14)6(13)3-9-11-8/h2,4,6-7,13-14H,3H2,1H3. The Morgan fingerprint density at radius 2 is 2.43 bits per heavy atom. The molecule has 0 saturated carbocycles. The summed E-state index contributed by atoms with van der Waals surface area (Å²) in [6.45, 7) is -0.160. The summed E-state index contributed by atoms with van der Waals surface area (Å²) < 4.78 is 1.51. The number of azide groups is 1. The highest BCUT2D eigenvalue weighted by molar-refractivity contribution is 5.09. The third-order valence-electron chi connectivity index (χ3n) is 1.76. The van der Waals surface area contributed by atoms with Gasteiger partial charge in [-0.15, -0.1) is 0 Å². The van der Waals surface area contributed by atoms with E-state index < -0.39 is 12.2 Å². The minimum absolute atomic E-state index is 0.160. The predicted molar refractivity (Wildman–Crippen MR) is 48.2 cm³/mol. The predicted octanol–water partition coefficient (Wildman–Crippen LogP) is 0.125. The molecule has 7 nitrogen and oxygen atoms in total. The molecule has 1 rings (SSSR count). The van der Waals surface area contributed by atoms with Gasteiger partial charge in [-0.05, 0) is 5.53 Å². The van der Waals surface area contributed by atoms with Crippen LogP contribution in [-0.4, -0.2) is 32.6 Å².